The monoisotopic (exact) mass is 283 g/mol. The number of nitrogens with one attached hydrogen (secondary N) is 1. The zero-order valence-corrected chi connectivity index (χ0v) is 11.6. The lowest BCUT2D eigenvalue weighted by atomic mass is 10.1. The first kappa shape index (κ1) is 13.6. The van der Waals surface area contributed by atoms with Crippen molar-refractivity contribution in [1.82, 2.24) is 9.99 Å². The van der Waals surface area contributed by atoms with Gasteiger partial charge in [-0.1, -0.05) is 18.2 Å². The Bertz CT molecular complexity index is 728. The van der Waals surface area contributed by atoms with E-state index in [1.54, 1.807) is 6.21 Å². The number of amides is 1. The van der Waals surface area contributed by atoms with Crippen LogP contribution in [-0.2, 0) is 11.3 Å². The summed E-state index contributed by atoms with van der Waals surface area (Å²) in [7, 11) is 0. The molecule has 2 heterocycles. The average molecular weight is 283 g/mol. The number of fused-ring (bicyclic) bond motifs is 1. The van der Waals surface area contributed by atoms with Gasteiger partial charge in [0.1, 0.15) is 0 Å². The Morgan fingerprint density at radius 2 is 2.14 bits per heavy atom. The van der Waals surface area contributed by atoms with Crippen molar-refractivity contribution in [2.24, 2.45) is 5.10 Å². The molecule has 0 fully saturated rings. The average Bonchev–Trinajstić information content (AvgIpc) is 3.05. The molecule has 1 amide bonds. The minimum Gasteiger partial charge on any atom is -0.396 e. The van der Waals surface area contributed by atoms with Gasteiger partial charge in [-0.15, -0.1) is 0 Å². The van der Waals surface area contributed by atoms with Crippen molar-refractivity contribution < 1.29 is 9.90 Å². The van der Waals surface area contributed by atoms with Gasteiger partial charge in [0.2, 0.25) is 0 Å². The van der Waals surface area contributed by atoms with E-state index in [1.807, 2.05) is 24.3 Å². The summed E-state index contributed by atoms with van der Waals surface area (Å²) in [4.78, 5) is 11.6. The maximum absolute atomic E-state index is 11.6. The summed E-state index contributed by atoms with van der Waals surface area (Å²) in [6.07, 6.45) is 7.16. The Labute approximate surface area is 122 Å². The Morgan fingerprint density at radius 1 is 1.29 bits per heavy atom. The number of nitrogens with zero attached hydrogens (tertiary/aromatic N) is 2. The first-order chi connectivity index (χ1) is 10.3. The highest BCUT2D eigenvalue weighted by molar-refractivity contribution is 6.19. The van der Waals surface area contributed by atoms with Gasteiger partial charge in [-0.3, -0.25) is 4.79 Å². The number of carbonyl (C=O) groups excluding carboxylic acids is 1. The van der Waals surface area contributed by atoms with Crippen LogP contribution in [0.1, 0.15) is 18.4 Å². The molecule has 1 aromatic heterocycles. The van der Waals surface area contributed by atoms with Gasteiger partial charge >= 0.3 is 0 Å². The summed E-state index contributed by atoms with van der Waals surface area (Å²) >= 11 is 0. The molecule has 0 saturated heterocycles. The van der Waals surface area contributed by atoms with Gasteiger partial charge in [0.15, 0.2) is 0 Å². The van der Waals surface area contributed by atoms with Crippen LogP contribution in [-0.4, -0.2) is 28.4 Å². The molecule has 0 unspecified atom stereocenters. The van der Waals surface area contributed by atoms with E-state index in [9.17, 15) is 4.79 Å². The van der Waals surface area contributed by atoms with Crippen LogP contribution in [0, 0.1) is 0 Å². The van der Waals surface area contributed by atoms with Crippen LogP contribution in [0.3, 0.4) is 0 Å². The van der Waals surface area contributed by atoms with Crippen LogP contribution in [0.5, 0.6) is 0 Å². The van der Waals surface area contributed by atoms with Crippen molar-refractivity contribution in [3.05, 3.63) is 41.6 Å². The number of aliphatic hydroxyl groups excluding tert-OH is 1. The molecule has 0 aliphatic carbocycles. The molecule has 1 aliphatic heterocycles. The van der Waals surface area contributed by atoms with Gasteiger partial charge < -0.3 is 9.67 Å². The summed E-state index contributed by atoms with van der Waals surface area (Å²) in [6.45, 7) is 1.07. The molecule has 108 valence electrons. The molecular weight excluding hydrogens is 266 g/mol. The molecule has 0 saturated carbocycles. The fourth-order valence-electron chi connectivity index (χ4n) is 2.52. The maximum atomic E-state index is 11.6. The third-order valence-corrected chi connectivity index (χ3v) is 3.57. The molecule has 0 spiro atoms. The van der Waals surface area contributed by atoms with Gasteiger partial charge in [0.25, 0.3) is 5.91 Å². The number of hydrogen-bond acceptors (Lipinski definition) is 3. The first-order valence-corrected chi connectivity index (χ1v) is 7.03. The molecule has 1 aromatic carbocycles. The van der Waals surface area contributed by atoms with E-state index in [4.69, 9.17) is 5.11 Å². The van der Waals surface area contributed by atoms with Crippen LogP contribution in [0.4, 0.5) is 0 Å². The number of hydrazone groups is 1. The van der Waals surface area contributed by atoms with Gasteiger partial charge in [-0.05, 0) is 25.0 Å². The number of aromatic nitrogens is 1. The molecular formula is C16H17N3O2. The van der Waals surface area contributed by atoms with Gasteiger partial charge in [-0.25, -0.2) is 5.43 Å². The highest BCUT2D eigenvalue weighted by Crippen LogP contribution is 2.24. The molecule has 5 heteroatoms. The van der Waals surface area contributed by atoms with Crippen molar-refractivity contribution in [2.45, 2.75) is 19.4 Å². The lowest BCUT2D eigenvalue weighted by molar-refractivity contribution is -0.116. The lowest BCUT2D eigenvalue weighted by Crippen LogP contribution is -2.11. The normalized spacial score (nSPS) is 16.0. The predicted octanol–water partition coefficient (Wildman–Crippen LogP) is 1.91. The van der Waals surface area contributed by atoms with Gasteiger partial charge in [0, 0.05) is 35.8 Å². The molecule has 0 atom stereocenters. The van der Waals surface area contributed by atoms with E-state index in [2.05, 4.69) is 27.4 Å². The van der Waals surface area contributed by atoms with E-state index < -0.39 is 0 Å². The highest BCUT2D eigenvalue weighted by Gasteiger charge is 2.14. The summed E-state index contributed by atoms with van der Waals surface area (Å²) in [5.74, 6) is -0.174. The number of hydrogen-bond donors (Lipinski definition) is 2. The Kier molecular flexibility index (Phi) is 3.83. The van der Waals surface area contributed by atoms with E-state index in [1.165, 1.54) is 0 Å². The molecule has 3 rings (SSSR count). The molecule has 5 nitrogen and oxygen atoms in total. The van der Waals surface area contributed by atoms with Crippen LogP contribution < -0.4 is 5.43 Å². The number of aryl methyl sites for hydroxylation is 1. The fourth-order valence-corrected chi connectivity index (χ4v) is 2.52. The van der Waals surface area contributed by atoms with Crippen molar-refractivity contribution in [3.63, 3.8) is 0 Å². The summed E-state index contributed by atoms with van der Waals surface area (Å²) < 4.78 is 2.17. The van der Waals surface area contributed by atoms with Crippen LogP contribution >= 0.6 is 0 Å². The Balaban J connectivity index is 1.99. The van der Waals surface area contributed by atoms with Crippen LogP contribution in [0.25, 0.3) is 17.0 Å². The smallest absolute Gasteiger partial charge is 0.273 e. The molecule has 21 heavy (non-hydrogen) atoms. The summed E-state index contributed by atoms with van der Waals surface area (Å²) in [5.41, 5.74) is 5.12. The molecule has 2 aromatic rings. The largest absolute Gasteiger partial charge is 0.396 e. The van der Waals surface area contributed by atoms with Crippen molar-refractivity contribution >= 4 is 29.1 Å². The van der Waals surface area contributed by atoms with Crippen LogP contribution in [0.2, 0.25) is 0 Å². The molecule has 2 N–H and O–H groups in total. The zero-order valence-electron chi connectivity index (χ0n) is 11.6. The molecule has 1 aliphatic rings. The fraction of sp³-hybridized carbons (Fsp3) is 0.250. The van der Waals surface area contributed by atoms with Crippen molar-refractivity contribution in [2.75, 3.05) is 6.61 Å². The lowest BCUT2D eigenvalue weighted by Gasteiger charge is -2.03. The number of para-hydroxylation sites is 1. The third-order valence-electron chi connectivity index (χ3n) is 3.57. The van der Waals surface area contributed by atoms with E-state index in [0.717, 1.165) is 35.9 Å². The van der Waals surface area contributed by atoms with E-state index in [0.29, 0.717) is 5.57 Å². The molecule has 0 radical (unpaired) electrons. The van der Waals surface area contributed by atoms with Gasteiger partial charge in [-0.2, -0.15) is 5.10 Å². The second kappa shape index (κ2) is 5.93. The van der Waals surface area contributed by atoms with Crippen molar-refractivity contribution in [3.8, 4) is 0 Å². The number of unbranched alkanes of at least 4 members (excludes halogenated alkanes) is 1. The maximum Gasteiger partial charge on any atom is 0.273 e. The number of rotatable bonds is 5. The van der Waals surface area contributed by atoms with E-state index in [-0.39, 0.29) is 12.5 Å². The number of carbonyl (C=O) groups is 1. The van der Waals surface area contributed by atoms with Gasteiger partial charge in [0.05, 0.1) is 11.8 Å². The van der Waals surface area contributed by atoms with Crippen molar-refractivity contribution in [1.29, 1.82) is 0 Å². The topological polar surface area (TPSA) is 66.6 Å². The SMILES string of the molecule is O=C1NN=C/C1=C\c1cn(CCCCO)c2ccccc12. The summed E-state index contributed by atoms with van der Waals surface area (Å²) in [5, 5.41) is 13.8. The quantitative estimate of drug-likeness (QED) is 0.650. The number of benzene rings is 1. The minimum atomic E-state index is -0.174. The number of aliphatic hydroxyl groups is 1. The first-order valence-electron chi connectivity index (χ1n) is 7.03. The van der Waals surface area contributed by atoms with Crippen LogP contribution in [0.15, 0.2) is 41.1 Å². The predicted molar refractivity (Wildman–Crippen MR) is 82.9 cm³/mol. The third kappa shape index (κ3) is 2.73. The second-order valence-corrected chi connectivity index (χ2v) is 5.02. The Hall–Kier alpha value is -2.40. The Morgan fingerprint density at radius 3 is 2.90 bits per heavy atom. The minimum absolute atomic E-state index is 0.174. The zero-order chi connectivity index (χ0) is 14.7. The van der Waals surface area contributed by atoms with E-state index >= 15 is 0 Å². The summed E-state index contributed by atoms with van der Waals surface area (Å²) in [6, 6.07) is 8.12. The molecule has 0 bridgehead atoms. The highest BCUT2D eigenvalue weighted by atomic mass is 16.2. The standard InChI is InChI=1S/C16H17N3O2/c20-8-4-3-7-19-11-13(9-12-10-17-18-16(12)21)14-5-1-2-6-15(14)19/h1-2,5-6,9-11,20H,3-4,7-8H2,(H,18,21)/b12-9+. The second-order valence-electron chi connectivity index (χ2n) is 5.02.